The van der Waals surface area contributed by atoms with Crippen LogP contribution in [0.4, 0.5) is 5.69 Å². The predicted molar refractivity (Wildman–Crippen MR) is 57.6 cm³/mol. The Morgan fingerprint density at radius 2 is 1.71 bits per heavy atom. The minimum atomic E-state index is -2.24. The number of benzene rings is 1. The Bertz CT molecular complexity index is 319. The van der Waals surface area contributed by atoms with Gasteiger partial charge in [0.2, 0.25) is 0 Å². The summed E-state index contributed by atoms with van der Waals surface area (Å²) in [6, 6.07) is 9.06. The lowest BCUT2D eigenvalue weighted by atomic mass is 10.1. The first kappa shape index (κ1) is 11.2. The van der Waals surface area contributed by atoms with E-state index in [2.05, 4.69) is 0 Å². The van der Waals surface area contributed by atoms with E-state index in [1.807, 2.05) is 39.0 Å². The summed E-state index contributed by atoms with van der Waals surface area (Å²) in [7, 11) is 0. The zero-order chi connectivity index (χ0) is 10.8. The maximum atomic E-state index is 11.1. The second kappa shape index (κ2) is 4.11. The monoisotopic (exact) mass is 212 g/mol. The van der Waals surface area contributed by atoms with E-state index in [4.69, 9.17) is 0 Å². The molecule has 0 aliphatic rings. The van der Waals surface area contributed by atoms with Crippen LogP contribution in [0.3, 0.4) is 0 Å². The van der Waals surface area contributed by atoms with Gasteiger partial charge in [-0.1, -0.05) is 18.2 Å². The van der Waals surface area contributed by atoms with Crippen LogP contribution in [-0.2, 0) is 11.3 Å². The van der Waals surface area contributed by atoms with Crippen LogP contribution in [0.25, 0.3) is 0 Å². The summed E-state index contributed by atoms with van der Waals surface area (Å²) in [6.07, 6.45) is 0. The molecule has 0 spiro atoms. The molecule has 4 heteroatoms. The average molecular weight is 212 g/mol. The van der Waals surface area contributed by atoms with Crippen molar-refractivity contribution in [2.45, 2.75) is 26.3 Å². The van der Waals surface area contributed by atoms with Gasteiger partial charge in [-0.05, 0) is 32.9 Å². The van der Waals surface area contributed by atoms with Crippen LogP contribution in [0.5, 0.6) is 0 Å². The van der Waals surface area contributed by atoms with Crippen molar-refractivity contribution in [2.24, 2.45) is 0 Å². The number of anilines is 1. The summed E-state index contributed by atoms with van der Waals surface area (Å²) in [4.78, 5) is 0. The van der Waals surface area contributed by atoms with E-state index in [0.29, 0.717) is 5.69 Å². The second-order valence-electron chi connectivity index (χ2n) is 4.02. The van der Waals surface area contributed by atoms with E-state index < -0.39 is 16.8 Å². The Kier molecular flexibility index (Phi) is 3.29. The normalized spacial score (nSPS) is 13.7. The fourth-order valence-corrected chi connectivity index (χ4v) is 2.00. The molecule has 0 radical (unpaired) electrons. The third-order valence-electron chi connectivity index (χ3n) is 1.75. The fourth-order valence-electron chi connectivity index (χ4n) is 1.26. The lowest BCUT2D eigenvalue weighted by molar-refractivity contribution is 0.498. The van der Waals surface area contributed by atoms with Crippen molar-refractivity contribution >= 4 is 17.0 Å². The molecule has 0 saturated carbocycles. The summed E-state index contributed by atoms with van der Waals surface area (Å²) in [6.45, 7) is 5.57. The molecule has 1 aromatic rings. The Morgan fingerprint density at radius 1 is 1.21 bits per heavy atom. The van der Waals surface area contributed by atoms with Gasteiger partial charge >= 0.3 is 0 Å². The predicted octanol–water partition coefficient (Wildman–Crippen LogP) is 2.09. The summed E-state index contributed by atoms with van der Waals surface area (Å²) < 4.78 is 23.5. The van der Waals surface area contributed by atoms with Gasteiger partial charge in [0.05, 0.1) is 0 Å². The largest absolute Gasteiger partial charge is 0.755 e. The maximum Gasteiger partial charge on any atom is 0.0488 e. The molecular formula is C10H14NO2S-. The molecule has 0 saturated heterocycles. The van der Waals surface area contributed by atoms with Crippen LogP contribution in [-0.4, -0.2) is 14.3 Å². The molecule has 1 rings (SSSR count). The zero-order valence-electron chi connectivity index (χ0n) is 8.56. The van der Waals surface area contributed by atoms with Gasteiger partial charge in [-0.15, -0.1) is 0 Å². The van der Waals surface area contributed by atoms with E-state index >= 15 is 0 Å². The highest BCUT2D eigenvalue weighted by Crippen LogP contribution is 2.24. The minimum Gasteiger partial charge on any atom is -0.755 e. The number of para-hydroxylation sites is 1. The second-order valence-corrected chi connectivity index (χ2v) is 4.82. The summed E-state index contributed by atoms with van der Waals surface area (Å²) in [5.41, 5.74) is 0.252. The van der Waals surface area contributed by atoms with Gasteiger partial charge in [0.25, 0.3) is 0 Å². The average Bonchev–Trinajstić information content (AvgIpc) is 2.02. The highest BCUT2D eigenvalue weighted by molar-refractivity contribution is 7.80. The Labute approximate surface area is 87.2 Å². The molecule has 3 nitrogen and oxygen atoms in total. The van der Waals surface area contributed by atoms with Gasteiger partial charge in [0, 0.05) is 22.5 Å². The molecular weight excluding hydrogens is 198 g/mol. The van der Waals surface area contributed by atoms with Crippen LogP contribution in [0.15, 0.2) is 30.3 Å². The van der Waals surface area contributed by atoms with Crippen molar-refractivity contribution in [3.8, 4) is 0 Å². The van der Waals surface area contributed by atoms with Gasteiger partial charge in [-0.2, -0.15) is 0 Å². The number of hydrogen-bond acceptors (Lipinski definition) is 2. The summed E-state index contributed by atoms with van der Waals surface area (Å²) >= 11 is -2.24. The highest BCUT2D eigenvalue weighted by atomic mass is 32.2. The highest BCUT2D eigenvalue weighted by Gasteiger charge is 2.22. The molecule has 0 aromatic heterocycles. The molecule has 0 heterocycles. The van der Waals surface area contributed by atoms with Crippen molar-refractivity contribution in [1.82, 2.24) is 0 Å². The third kappa shape index (κ3) is 2.56. The van der Waals surface area contributed by atoms with Crippen LogP contribution >= 0.6 is 0 Å². The first-order valence-electron chi connectivity index (χ1n) is 4.37. The number of hydrogen-bond donors (Lipinski definition) is 0. The van der Waals surface area contributed by atoms with Gasteiger partial charge in [-0.25, -0.2) is 0 Å². The SMILES string of the molecule is CC(C)(C)N(c1ccccc1)S(=O)[O-]. The van der Waals surface area contributed by atoms with Gasteiger partial charge in [0.1, 0.15) is 0 Å². The third-order valence-corrected chi connectivity index (χ3v) is 2.81. The maximum absolute atomic E-state index is 11.1. The van der Waals surface area contributed by atoms with Crippen LogP contribution in [0.1, 0.15) is 20.8 Å². The van der Waals surface area contributed by atoms with Crippen LogP contribution in [0.2, 0.25) is 0 Å². The summed E-state index contributed by atoms with van der Waals surface area (Å²) in [5, 5.41) is 0. The van der Waals surface area contributed by atoms with E-state index in [9.17, 15) is 8.76 Å². The van der Waals surface area contributed by atoms with Crippen molar-refractivity contribution in [3.63, 3.8) is 0 Å². The quantitative estimate of drug-likeness (QED) is 0.704. The number of nitrogens with zero attached hydrogens (tertiary/aromatic N) is 1. The van der Waals surface area contributed by atoms with E-state index in [1.54, 1.807) is 12.1 Å². The molecule has 0 amide bonds. The topological polar surface area (TPSA) is 43.4 Å². The molecule has 0 fully saturated rings. The molecule has 1 unspecified atom stereocenters. The van der Waals surface area contributed by atoms with Gasteiger partial charge < -0.3 is 4.55 Å². The smallest absolute Gasteiger partial charge is 0.0488 e. The molecule has 0 aliphatic heterocycles. The zero-order valence-corrected chi connectivity index (χ0v) is 9.38. The molecule has 0 bridgehead atoms. The standard InChI is InChI=1S/C10H15NO2S/c1-10(2,3)11(14(12)13)9-7-5-4-6-8-9/h4-8H,1-3H3,(H,12,13)/p-1. The van der Waals surface area contributed by atoms with Crippen LogP contribution < -0.4 is 4.31 Å². The summed E-state index contributed by atoms with van der Waals surface area (Å²) in [5.74, 6) is 0. The molecule has 1 aromatic carbocycles. The Balaban J connectivity index is 3.08. The lowest BCUT2D eigenvalue weighted by Gasteiger charge is -2.38. The van der Waals surface area contributed by atoms with Crippen molar-refractivity contribution in [3.05, 3.63) is 30.3 Å². The first-order chi connectivity index (χ1) is 6.43. The first-order valence-corrected chi connectivity index (χ1v) is 5.41. The van der Waals surface area contributed by atoms with Crippen molar-refractivity contribution in [2.75, 3.05) is 4.31 Å². The van der Waals surface area contributed by atoms with E-state index in [0.717, 1.165) is 0 Å². The Hall–Kier alpha value is -0.870. The molecule has 78 valence electrons. The number of rotatable bonds is 2. The van der Waals surface area contributed by atoms with E-state index in [1.165, 1.54) is 4.31 Å². The molecule has 0 N–H and O–H groups in total. The van der Waals surface area contributed by atoms with Gasteiger partial charge in [-0.3, -0.25) is 8.51 Å². The molecule has 14 heavy (non-hydrogen) atoms. The van der Waals surface area contributed by atoms with Gasteiger partial charge in [0.15, 0.2) is 0 Å². The van der Waals surface area contributed by atoms with Crippen molar-refractivity contribution < 1.29 is 8.76 Å². The molecule has 0 aliphatic carbocycles. The lowest BCUT2D eigenvalue weighted by Crippen LogP contribution is -2.42. The van der Waals surface area contributed by atoms with E-state index in [-0.39, 0.29) is 0 Å². The molecule has 1 atom stereocenters. The Morgan fingerprint density at radius 3 is 2.07 bits per heavy atom. The fraction of sp³-hybridized carbons (Fsp3) is 0.400. The van der Waals surface area contributed by atoms with Crippen LogP contribution in [0, 0.1) is 0 Å². The van der Waals surface area contributed by atoms with Crippen molar-refractivity contribution in [1.29, 1.82) is 0 Å². The minimum absolute atomic E-state index is 0.437.